The molecule has 0 saturated heterocycles. The van der Waals surface area contributed by atoms with Gasteiger partial charge in [0.1, 0.15) is 5.75 Å². The number of halogens is 1. The standard InChI is InChI=1S/C15H17ClN2O/c1-10-7-14(15(19-3)8-13(10)16)18-11(2)12-5-4-6-17-9-12/h4-9,11,18H,1-3H3. The number of hydrogen-bond acceptors (Lipinski definition) is 3. The van der Waals surface area contributed by atoms with E-state index in [4.69, 9.17) is 16.3 Å². The lowest BCUT2D eigenvalue weighted by Crippen LogP contribution is -2.08. The molecule has 1 heterocycles. The highest BCUT2D eigenvalue weighted by Gasteiger charge is 2.11. The van der Waals surface area contributed by atoms with Crippen molar-refractivity contribution in [1.82, 2.24) is 4.98 Å². The van der Waals surface area contributed by atoms with E-state index in [2.05, 4.69) is 17.2 Å². The lowest BCUT2D eigenvalue weighted by molar-refractivity contribution is 0.416. The number of benzene rings is 1. The fourth-order valence-electron chi connectivity index (χ4n) is 1.89. The second kappa shape index (κ2) is 5.93. The smallest absolute Gasteiger partial charge is 0.143 e. The van der Waals surface area contributed by atoms with E-state index in [-0.39, 0.29) is 6.04 Å². The molecule has 1 atom stereocenters. The van der Waals surface area contributed by atoms with Gasteiger partial charge in [0, 0.05) is 23.5 Å². The monoisotopic (exact) mass is 276 g/mol. The molecule has 0 aliphatic carbocycles. The Morgan fingerprint density at radius 1 is 1.37 bits per heavy atom. The summed E-state index contributed by atoms with van der Waals surface area (Å²) >= 11 is 6.10. The van der Waals surface area contributed by atoms with Crippen LogP contribution >= 0.6 is 11.6 Å². The highest BCUT2D eigenvalue weighted by Crippen LogP contribution is 2.33. The molecule has 2 rings (SSSR count). The number of nitrogens with zero attached hydrogens (tertiary/aromatic N) is 1. The third kappa shape index (κ3) is 3.18. The van der Waals surface area contributed by atoms with Crippen LogP contribution in [-0.2, 0) is 0 Å². The van der Waals surface area contributed by atoms with Crippen LogP contribution in [0.5, 0.6) is 5.75 Å². The Labute approximate surface area is 118 Å². The van der Waals surface area contributed by atoms with Crippen molar-refractivity contribution in [2.24, 2.45) is 0 Å². The van der Waals surface area contributed by atoms with Gasteiger partial charge in [0.05, 0.1) is 18.8 Å². The van der Waals surface area contributed by atoms with Gasteiger partial charge in [0.15, 0.2) is 0 Å². The Hall–Kier alpha value is -1.74. The molecule has 1 aromatic heterocycles. The van der Waals surface area contributed by atoms with Crippen LogP contribution in [0.2, 0.25) is 5.02 Å². The van der Waals surface area contributed by atoms with Crippen molar-refractivity contribution in [3.8, 4) is 5.75 Å². The lowest BCUT2D eigenvalue weighted by Gasteiger charge is -2.18. The molecule has 1 aromatic carbocycles. The third-order valence-electron chi connectivity index (χ3n) is 3.04. The number of aryl methyl sites for hydroxylation is 1. The minimum atomic E-state index is 0.142. The first kappa shape index (κ1) is 13.7. The van der Waals surface area contributed by atoms with E-state index in [1.165, 1.54) is 0 Å². The first-order chi connectivity index (χ1) is 9.11. The maximum atomic E-state index is 6.10. The first-order valence-corrected chi connectivity index (χ1v) is 6.50. The van der Waals surface area contributed by atoms with Crippen molar-refractivity contribution in [3.63, 3.8) is 0 Å². The van der Waals surface area contributed by atoms with Gasteiger partial charge in [-0.1, -0.05) is 17.7 Å². The van der Waals surface area contributed by atoms with Crippen molar-refractivity contribution >= 4 is 17.3 Å². The van der Waals surface area contributed by atoms with Crippen molar-refractivity contribution in [2.75, 3.05) is 12.4 Å². The van der Waals surface area contributed by atoms with Gasteiger partial charge in [-0.25, -0.2) is 0 Å². The highest BCUT2D eigenvalue weighted by molar-refractivity contribution is 6.31. The van der Waals surface area contributed by atoms with Crippen LogP contribution < -0.4 is 10.1 Å². The van der Waals surface area contributed by atoms with E-state index in [9.17, 15) is 0 Å². The number of pyridine rings is 1. The van der Waals surface area contributed by atoms with Gasteiger partial charge >= 0.3 is 0 Å². The molecular weight excluding hydrogens is 260 g/mol. The van der Waals surface area contributed by atoms with E-state index < -0.39 is 0 Å². The number of hydrogen-bond donors (Lipinski definition) is 1. The molecule has 3 nitrogen and oxygen atoms in total. The Morgan fingerprint density at radius 3 is 2.79 bits per heavy atom. The fraction of sp³-hybridized carbons (Fsp3) is 0.267. The summed E-state index contributed by atoms with van der Waals surface area (Å²) in [5, 5.41) is 4.13. The van der Waals surface area contributed by atoms with Gasteiger partial charge in [-0.2, -0.15) is 0 Å². The number of nitrogens with one attached hydrogen (secondary N) is 1. The number of rotatable bonds is 4. The van der Waals surface area contributed by atoms with E-state index in [0.717, 1.165) is 22.6 Å². The third-order valence-corrected chi connectivity index (χ3v) is 3.44. The Kier molecular flexibility index (Phi) is 4.27. The first-order valence-electron chi connectivity index (χ1n) is 6.12. The molecule has 0 amide bonds. The highest BCUT2D eigenvalue weighted by atomic mass is 35.5. The second-order valence-electron chi connectivity index (χ2n) is 4.45. The van der Waals surface area contributed by atoms with E-state index >= 15 is 0 Å². The molecule has 19 heavy (non-hydrogen) atoms. The molecule has 1 unspecified atom stereocenters. The van der Waals surface area contributed by atoms with Crippen molar-refractivity contribution < 1.29 is 4.74 Å². The van der Waals surface area contributed by atoms with Crippen LogP contribution in [0.25, 0.3) is 0 Å². The van der Waals surface area contributed by atoms with Crippen LogP contribution in [0, 0.1) is 6.92 Å². The average molecular weight is 277 g/mol. The normalized spacial score (nSPS) is 12.0. The summed E-state index contributed by atoms with van der Waals surface area (Å²) in [6.07, 6.45) is 3.62. The van der Waals surface area contributed by atoms with Crippen LogP contribution in [0.15, 0.2) is 36.7 Å². The molecular formula is C15H17ClN2O. The summed E-state index contributed by atoms with van der Waals surface area (Å²) in [5.74, 6) is 0.742. The number of ether oxygens (including phenoxy) is 1. The van der Waals surface area contributed by atoms with E-state index in [1.54, 1.807) is 13.3 Å². The van der Waals surface area contributed by atoms with Crippen molar-refractivity contribution in [1.29, 1.82) is 0 Å². The quantitative estimate of drug-likeness (QED) is 0.908. The molecule has 4 heteroatoms. The number of aromatic nitrogens is 1. The minimum absolute atomic E-state index is 0.142. The van der Waals surface area contributed by atoms with Crippen LogP contribution in [-0.4, -0.2) is 12.1 Å². The predicted octanol–water partition coefficient (Wildman–Crippen LogP) is 4.23. The maximum Gasteiger partial charge on any atom is 0.143 e. The summed E-state index contributed by atoms with van der Waals surface area (Å²) in [7, 11) is 1.64. The molecule has 1 N–H and O–H groups in total. The number of anilines is 1. The number of methoxy groups -OCH3 is 1. The molecule has 0 spiro atoms. The molecule has 0 saturated carbocycles. The minimum Gasteiger partial charge on any atom is -0.495 e. The van der Waals surface area contributed by atoms with Crippen molar-refractivity contribution in [3.05, 3.63) is 52.8 Å². The van der Waals surface area contributed by atoms with Gasteiger partial charge in [-0.05, 0) is 37.1 Å². The summed E-state index contributed by atoms with van der Waals surface area (Å²) in [6, 6.07) is 7.93. The fourth-order valence-corrected chi connectivity index (χ4v) is 2.05. The molecule has 0 aliphatic rings. The topological polar surface area (TPSA) is 34.1 Å². The van der Waals surface area contributed by atoms with E-state index in [1.807, 2.05) is 37.4 Å². The second-order valence-corrected chi connectivity index (χ2v) is 4.86. The van der Waals surface area contributed by atoms with Gasteiger partial charge < -0.3 is 10.1 Å². The summed E-state index contributed by atoms with van der Waals surface area (Å²) < 4.78 is 5.36. The van der Waals surface area contributed by atoms with Crippen LogP contribution in [0.3, 0.4) is 0 Å². The SMILES string of the molecule is COc1cc(Cl)c(C)cc1NC(C)c1cccnc1. The van der Waals surface area contributed by atoms with Gasteiger partial charge in [0.25, 0.3) is 0 Å². The summed E-state index contributed by atoms with van der Waals surface area (Å²) in [6.45, 7) is 4.06. The molecule has 0 aliphatic heterocycles. The summed E-state index contributed by atoms with van der Waals surface area (Å²) in [5.41, 5.74) is 3.07. The predicted molar refractivity (Wildman–Crippen MR) is 79.0 cm³/mol. The Bertz CT molecular complexity index is 558. The Morgan fingerprint density at radius 2 is 2.16 bits per heavy atom. The largest absolute Gasteiger partial charge is 0.495 e. The van der Waals surface area contributed by atoms with Gasteiger partial charge in [0.2, 0.25) is 0 Å². The van der Waals surface area contributed by atoms with Crippen LogP contribution in [0.4, 0.5) is 5.69 Å². The van der Waals surface area contributed by atoms with Crippen molar-refractivity contribution in [2.45, 2.75) is 19.9 Å². The zero-order chi connectivity index (χ0) is 13.8. The maximum absolute atomic E-state index is 6.10. The van der Waals surface area contributed by atoms with Crippen LogP contribution in [0.1, 0.15) is 24.1 Å². The molecule has 0 fully saturated rings. The lowest BCUT2D eigenvalue weighted by atomic mass is 10.1. The van der Waals surface area contributed by atoms with Gasteiger partial charge in [-0.15, -0.1) is 0 Å². The van der Waals surface area contributed by atoms with E-state index in [0.29, 0.717) is 5.02 Å². The zero-order valence-corrected chi connectivity index (χ0v) is 12.0. The van der Waals surface area contributed by atoms with Gasteiger partial charge in [-0.3, -0.25) is 4.98 Å². The molecule has 100 valence electrons. The molecule has 2 aromatic rings. The molecule has 0 radical (unpaired) electrons. The summed E-state index contributed by atoms with van der Waals surface area (Å²) in [4.78, 5) is 4.13. The average Bonchev–Trinajstić information content (AvgIpc) is 2.43. The molecule has 0 bridgehead atoms. The Balaban J connectivity index is 2.26. The zero-order valence-electron chi connectivity index (χ0n) is 11.3.